The minimum atomic E-state index is 0.0641. The van der Waals surface area contributed by atoms with Crippen LogP contribution < -0.4 is 24.7 Å². The lowest BCUT2D eigenvalue weighted by atomic mass is 10.3. The van der Waals surface area contributed by atoms with Gasteiger partial charge in [0.2, 0.25) is 17.7 Å². The second-order valence-corrected chi connectivity index (χ2v) is 3.76. The molecule has 2 rings (SSSR count). The van der Waals surface area contributed by atoms with Gasteiger partial charge in [-0.1, -0.05) is 0 Å². The minimum absolute atomic E-state index is 0.0641. The first-order chi connectivity index (χ1) is 9.64. The fourth-order valence-corrected chi connectivity index (χ4v) is 1.54. The van der Waals surface area contributed by atoms with Crippen LogP contribution in [0.2, 0.25) is 0 Å². The maximum absolute atomic E-state index is 5.62. The van der Waals surface area contributed by atoms with E-state index < -0.39 is 0 Å². The number of hydrogen-bond acceptors (Lipinski definition) is 7. The number of anilines is 1. The Kier molecular flexibility index (Phi) is 4.09. The summed E-state index contributed by atoms with van der Waals surface area (Å²) < 4.78 is 20.9. The van der Waals surface area contributed by atoms with E-state index in [4.69, 9.17) is 24.7 Å². The summed E-state index contributed by atoms with van der Waals surface area (Å²) in [5.41, 5.74) is 5.57. The molecule has 7 heteroatoms. The van der Waals surface area contributed by atoms with Gasteiger partial charge in [0.25, 0.3) is 0 Å². The molecule has 0 saturated carbocycles. The second kappa shape index (κ2) is 5.96. The third kappa shape index (κ3) is 3.19. The number of methoxy groups -OCH3 is 3. The first-order valence-corrected chi connectivity index (χ1v) is 5.74. The third-order valence-electron chi connectivity index (χ3n) is 2.45. The molecule has 0 fully saturated rings. The van der Waals surface area contributed by atoms with Gasteiger partial charge in [0, 0.05) is 18.2 Å². The Bertz CT molecular complexity index is 582. The van der Waals surface area contributed by atoms with E-state index in [1.54, 1.807) is 32.4 Å². The van der Waals surface area contributed by atoms with Gasteiger partial charge in [-0.2, -0.15) is 9.97 Å². The van der Waals surface area contributed by atoms with Gasteiger partial charge in [0.05, 0.1) is 27.4 Å². The van der Waals surface area contributed by atoms with Crippen molar-refractivity contribution >= 4 is 5.95 Å². The van der Waals surface area contributed by atoms with Crippen LogP contribution in [0, 0.1) is 0 Å². The summed E-state index contributed by atoms with van der Waals surface area (Å²) in [4.78, 5) is 7.85. The van der Waals surface area contributed by atoms with Crippen molar-refractivity contribution in [3.05, 3.63) is 24.3 Å². The average molecular weight is 277 g/mol. The molecule has 0 radical (unpaired) electrons. The van der Waals surface area contributed by atoms with Gasteiger partial charge >= 0.3 is 0 Å². The van der Waals surface area contributed by atoms with Crippen LogP contribution in [0.1, 0.15) is 0 Å². The van der Waals surface area contributed by atoms with Crippen LogP contribution in [0.3, 0.4) is 0 Å². The molecule has 0 bridgehead atoms. The molecule has 1 aromatic heterocycles. The Hall–Kier alpha value is -2.70. The Balaban J connectivity index is 2.31. The molecule has 7 nitrogen and oxygen atoms in total. The second-order valence-electron chi connectivity index (χ2n) is 3.76. The van der Waals surface area contributed by atoms with E-state index in [1.165, 1.54) is 13.2 Å². The molecule has 106 valence electrons. The number of nitrogens with zero attached hydrogens (tertiary/aromatic N) is 2. The highest BCUT2D eigenvalue weighted by Gasteiger charge is 2.08. The highest BCUT2D eigenvalue weighted by Crippen LogP contribution is 2.31. The number of hydrogen-bond donors (Lipinski definition) is 1. The Morgan fingerprint density at radius 2 is 1.30 bits per heavy atom. The van der Waals surface area contributed by atoms with Crippen molar-refractivity contribution in [2.75, 3.05) is 27.1 Å². The fraction of sp³-hybridized carbons (Fsp3) is 0.231. The van der Waals surface area contributed by atoms with Gasteiger partial charge in [-0.15, -0.1) is 0 Å². The van der Waals surface area contributed by atoms with Crippen molar-refractivity contribution in [3.63, 3.8) is 0 Å². The first kappa shape index (κ1) is 13.7. The zero-order valence-corrected chi connectivity index (χ0v) is 11.4. The van der Waals surface area contributed by atoms with Gasteiger partial charge in [-0.25, -0.2) is 0 Å². The van der Waals surface area contributed by atoms with Gasteiger partial charge in [0.1, 0.15) is 17.2 Å². The first-order valence-electron chi connectivity index (χ1n) is 5.74. The molecule has 0 spiro atoms. The molecule has 20 heavy (non-hydrogen) atoms. The lowest BCUT2D eigenvalue weighted by Crippen LogP contribution is -1.99. The van der Waals surface area contributed by atoms with Crippen LogP contribution in [0.5, 0.6) is 29.0 Å². The Morgan fingerprint density at radius 1 is 0.750 bits per heavy atom. The summed E-state index contributed by atoms with van der Waals surface area (Å²) in [7, 11) is 4.61. The maximum Gasteiger partial charge on any atom is 0.227 e. The van der Waals surface area contributed by atoms with Crippen LogP contribution >= 0.6 is 0 Å². The van der Waals surface area contributed by atoms with Crippen molar-refractivity contribution in [1.82, 2.24) is 9.97 Å². The number of rotatable bonds is 5. The summed E-state index contributed by atoms with van der Waals surface area (Å²) in [5.74, 6) is 2.37. The van der Waals surface area contributed by atoms with E-state index in [-0.39, 0.29) is 11.8 Å². The van der Waals surface area contributed by atoms with Crippen molar-refractivity contribution in [2.45, 2.75) is 0 Å². The molecule has 1 aromatic carbocycles. The highest BCUT2D eigenvalue weighted by molar-refractivity contribution is 5.44. The van der Waals surface area contributed by atoms with Gasteiger partial charge in [-0.05, 0) is 0 Å². The van der Waals surface area contributed by atoms with Crippen LogP contribution in [-0.2, 0) is 0 Å². The zero-order chi connectivity index (χ0) is 14.5. The average Bonchev–Trinajstić information content (AvgIpc) is 2.46. The SMILES string of the molecule is COc1cc(OC)cc(Oc2cc(OC)nc(N)n2)c1. The molecule has 0 atom stereocenters. The van der Waals surface area contributed by atoms with Gasteiger partial charge < -0.3 is 24.7 Å². The molecular formula is C13H15N3O4. The van der Waals surface area contributed by atoms with E-state index in [9.17, 15) is 0 Å². The van der Waals surface area contributed by atoms with Crippen LogP contribution in [0.4, 0.5) is 5.95 Å². The maximum atomic E-state index is 5.62. The van der Waals surface area contributed by atoms with E-state index in [2.05, 4.69) is 9.97 Å². The minimum Gasteiger partial charge on any atom is -0.496 e. The Morgan fingerprint density at radius 3 is 1.85 bits per heavy atom. The van der Waals surface area contributed by atoms with E-state index in [1.807, 2.05) is 0 Å². The van der Waals surface area contributed by atoms with Crippen LogP contribution in [0.25, 0.3) is 0 Å². The molecule has 0 aliphatic heterocycles. The lowest BCUT2D eigenvalue weighted by Gasteiger charge is -2.10. The number of nitrogen functional groups attached to an aromatic ring is 1. The quantitative estimate of drug-likeness (QED) is 0.892. The molecule has 2 N–H and O–H groups in total. The predicted molar refractivity (Wildman–Crippen MR) is 72.6 cm³/mol. The monoisotopic (exact) mass is 277 g/mol. The molecule has 0 aliphatic rings. The largest absolute Gasteiger partial charge is 0.496 e. The molecule has 0 unspecified atom stereocenters. The van der Waals surface area contributed by atoms with Gasteiger partial charge in [0.15, 0.2) is 0 Å². The molecule has 0 amide bonds. The summed E-state index contributed by atoms with van der Waals surface area (Å²) in [6.45, 7) is 0. The van der Waals surface area contributed by atoms with Crippen molar-refractivity contribution in [1.29, 1.82) is 0 Å². The molecule has 2 aromatic rings. The van der Waals surface area contributed by atoms with Crippen LogP contribution in [-0.4, -0.2) is 31.3 Å². The molecule has 1 heterocycles. The normalized spacial score (nSPS) is 9.95. The molecular weight excluding hydrogens is 262 g/mol. The van der Waals surface area contributed by atoms with Gasteiger partial charge in [-0.3, -0.25) is 0 Å². The summed E-state index contributed by atoms with van der Waals surface area (Å²) in [6.07, 6.45) is 0. The standard InChI is InChI=1S/C13H15N3O4/c1-17-8-4-9(18-2)6-10(5-8)20-12-7-11(19-3)15-13(14)16-12/h4-7H,1-3H3,(H2,14,15,16). The topological polar surface area (TPSA) is 88.7 Å². The number of nitrogens with two attached hydrogens (primary N) is 1. The number of benzene rings is 1. The lowest BCUT2D eigenvalue weighted by molar-refractivity contribution is 0.379. The van der Waals surface area contributed by atoms with E-state index in [0.717, 1.165) is 0 Å². The molecule has 0 aliphatic carbocycles. The Labute approximate surface area is 116 Å². The summed E-state index contributed by atoms with van der Waals surface area (Å²) in [5, 5.41) is 0. The third-order valence-corrected chi connectivity index (χ3v) is 2.45. The van der Waals surface area contributed by atoms with Crippen molar-refractivity contribution in [2.24, 2.45) is 0 Å². The fourth-order valence-electron chi connectivity index (χ4n) is 1.54. The predicted octanol–water partition coefficient (Wildman–Crippen LogP) is 1.88. The smallest absolute Gasteiger partial charge is 0.227 e. The highest BCUT2D eigenvalue weighted by atomic mass is 16.5. The van der Waals surface area contributed by atoms with E-state index in [0.29, 0.717) is 23.1 Å². The van der Waals surface area contributed by atoms with Crippen molar-refractivity contribution < 1.29 is 18.9 Å². The number of ether oxygens (including phenoxy) is 4. The van der Waals surface area contributed by atoms with E-state index >= 15 is 0 Å². The molecule has 0 saturated heterocycles. The van der Waals surface area contributed by atoms with Crippen LogP contribution in [0.15, 0.2) is 24.3 Å². The number of aromatic nitrogens is 2. The zero-order valence-electron chi connectivity index (χ0n) is 11.4. The summed E-state index contributed by atoms with van der Waals surface area (Å²) in [6, 6.07) is 6.67. The summed E-state index contributed by atoms with van der Waals surface area (Å²) >= 11 is 0. The van der Waals surface area contributed by atoms with Crippen molar-refractivity contribution in [3.8, 4) is 29.0 Å².